The predicted octanol–water partition coefficient (Wildman–Crippen LogP) is 0.582. The summed E-state index contributed by atoms with van der Waals surface area (Å²) < 4.78 is 7.89. The van der Waals surface area contributed by atoms with Gasteiger partial charge in [-0.15, -0.1) is 5.10 Å². The van der Waals surface area contributed by atoms with Gasteiger partial charge in [-0.2, -0.15) is 5.10 Å². The van der Waals surface area contributed by atoms with Gasteiger partial charge in [0.05, 0.1) is 30.8 Å². The van der Waals surface area contributed by atoms with Crippen molar-refractivity contribution >= 4 is 11.6 Å². The number of hydrogen-bond donors (Lipinski definition) is 0. The fraction of sp³-hybridized carbons (Fsp3) is 0.462. The lowest BCUT2D eigenvalue weighted by Crippen LogP contribution is -2.28. The first-order valence-electron chi connectivity index (χ1n) is 6.89. The normalized spacial score (nSPS) is 10.6. The summed E-state index contributed by atoms with van der Waals surface area (Å²) in [6, 6.07) is 1.84. The van der Waals surface area contributed by atoms with Crippen molar-refractivity contribution in [3.63, 3.8) is 0 Å². The van der Waals surface area contributed by atoms with Crippen molar-refractivity contribution in [3.05, 3.63) is 34.3 Å². The van der Waals surface area contributed by atoms with Crippen molar-refractivity contribution in [2.45, 2.75) is 19.5 Å². The Morgan fingerprint density at radius 1 is 1.52 bits per heavy atom. The number of hydrogen-bond acceptors (Lipinski definition) is 6. The third-order valence-electron chi connectivity index (χ3n) is 3.40. The van der Waals surface area contributed by atoms with Gasteiger partial charge in [-0.3, -0.25) is 24.3 Å². The zero-order valence-electron chi connectivity index (χ0n) is 13.2. The number of carbonyl (C=O) groups is 1. The Morgan fingerprint density at radius 3 is 2.78 bits per heavy atom. The predicted molar refractivity (Wildman–Crippen MR) is 79.7 cm³/mol. The van der Waals surface area contributed by atoms with Gasteiger partial charge in [0.25, 0.3) is 0 Å². The van der Waals surface area contributed by atoms with Crippen LogP contribution in [0.2, 0.25) is 0 Å². The van der Waals surface area contributed by atoms with Gasteiger partial charge in [0, 0.05) is 26.7 Å². The van der Waals surface area contributed by atoms with Gasteiger partial charge >= 0.3 is 11.6 Å². The second kappa shape index (κ2) is 6.90. The Labute approximate surface area is 132 Å². The molecule has 2 heterocycles. The number of methoxy groups -OCH3 is 1. The maximum absolute atomic E-state index is 12.1. The molecule has 0 unspecified atom stereocenters. The number of nitro groups is 1. The molecule has 0 bridgehead atoms. The van der Waals surface area contributed by atoms with E-state index >= 15 is 0 Å². The van der Waals surface area contributed by atoms with Gasteiger partial charge in [-0.1, -0.05) is 0 Å². The number of rotatable bonds is 7. The molecule has 1 amide bonds. The van der Waals surface area contributed by atoms with E-state index in [0.29, 0.717) is 6.54 Å². The first kappa shape index (κ1) is 16.5. The SMILES string of the molecule is COc1nn(CCC(=O)N(C)Cc2ccnn2C)cc1[N+](=O)[O-]. The van der Waals surface area contributed by atoms with E-state index in [9.17, 15) is 14.9 Å². The highest BCUT2D eigenvalue weighted by Gasteiger charge is 2.20. The summed E-state index contributed by atoms with van der Waals surface area (Å²) in [5, 5.41) is 18.8. The van der Waals surface area contributed by atoms with Crippen molar-refractivity contribution in [2.24, 2.45) is 7.05 Å². The third-order valence-corrected chi connectivity index (χ3v) is 3.40. The summed E-state index contributed by atoms with van der Waals surface area (Å²) in [4.78, 5) is 24.0. The van der Waals surface area contributed by atoms with Gasteiger partial charge in [0.1, 0.15) is 6.20 Å². The largest absolute Gasteiger partial charge is 0.475 e. The van der Waals surface area contributed by atoms with Crippen molar-refractivity contribution in [1.29, 1.82) is 0 Å². The summed E-state index contributed by atoms with van der Waals surface area (Å²) in [6.45, 7) is 0.677. The maximum Gasteiger partial charge on any atom is 0.350 e. The molecule has 2 rings (SSSR count). The van der Waals surface area contributed by atoms with Crippen LogP contribution in [0.1, 0.15) is 12.1 Å². The average Bonchev–Trinajstić information content (AvgIpc) is 3.11. The van der Waals surface area contributed by atoms with Crippen LogP contribution in [0.4, 0.5) is 5.69 Å². The van der Waals surface area contributed by atoms with E-state index < -0.39 is 4.92 Å². The Bertz CT molecular complexity index is 707. The molecule has 10 nitrogen and oxygen atoms in total. The molecule has 0 fully saturated rings. The topological polar surface area (TPSA) is 108 Å². The first-order chi connectivity index (χ1) is 10.9. The van der Waals surface area contributed by atoms with E-state index in [2.05, 4.69) is 10.2 Å². The molecule has 124 valence electrons. The van der Waals surface area contributed by atoms with Crippen LogP contribution in [0, 0.1) is 10.1 Å². The summed E-state index contributed by atoms with van der Waals surface area (Å²) in [6.07, 6.45) is 3.10. The standard InChI is InChI=1S/C13H18N6O4/c1-16(8-10-4-6-14-17(10)2)12(20)5-7-18-9-11(19(21)22)13(15-18)23-3/h4,6,9H,5,7-8H2,1-3H3. The van der Waals surface area contributed by atoms with E-state index in [0.717, 1.165) is 5.69 Å². The first-order valence-corrected chi connectivity index (χ1v) is 6.89. The van der Waals surface area contributed by atoms with Crippen LogP contribution in [0.3, 0.4) is 0 Å². The molecule has 0 atom stereocenters. The van der Waals surface area contributed by atoms with E-state index in [1.165, 1.54) is 18.0 Å². The van der Waals surface area contributed by atoms with Gasteiger partial charge < -0.3 is 9.64 Å². The number of ether oxygens (including phenoxy) is 1. The molecule has 0 N–H and O–H groups in total. The zero-order valence-corrected chi connectivity index (χ0v) is 13.2. The van der Waals surface area contributed by atoms with E-state index in [1.807, 2.05) is 13.1 Å². The molecule has 0 aliphatic rings. The fourth-order valence-electron chi connectivity index (χ4n) is 2.07. The Morgan fingerprint density at radius 2 is 2.26 bits per heavy atom. The number of aromatic nitrogens is 4. The quantitative estimate of drug-likeness (QED) is 0.545. The van der Waals surface area contributed by atoms with Crippen molar-refractivity contribution in [2.75, 3.05) is 14.2 Å². The minimum Gasteiger partial charge on any atom is -0.475 e. The molecule has 0 radical (unpaired) electrons. The highest BCUT2D eigenvalue weighted by atomic mass is 16.6. The monoisotopic (exact) mass is 322 g/mol. The van der Waals surface area contributed by atoms with E-state index in [1.54, 1.807) is 22.8 Å². The van der Waals surface area contributed by atoms with Crippen LogP contribution in [0.5, 0.6) is 5.88 Å². The van der Waals surface area contributed by atoms with Gasteiger partial charge in [0.15, 0.2) is 0 Å². The zero-order chi connectivity index (χ0) is 17.0. The lowest BCUT2D eigenvalue weighted by molar-refractivity contribution is -0.385. The molecule has 0 aliphatic carbocycles. The van der Waals surface area contributed by atoms with E-state index in [-0.39, 0.29) is 30.4 Å². The van der Waals surface area contributed by atoms with Gasteiger partial charge in [-0.25, -0.2) is 0 Å². The average molecular weight is 322 g/mol. The molecule has 0 aliphatic heterocycles. The van der Waals surface area contributed by atoms with Crippen LogP contribution in [-0.2, 0) is 24.9 Å². The smallest absolute Gasteiger partial charge is 0.350 e. The molecule has 10 heteroatoms. The summed E-state index contributed by atoms with van der Waals surface area (Å²) in [5.74, 6) is -0.158. The van der Waals surface area contributed by atoms with Crippen LogP contribution in [-0.4, -0.2) is 49.4 Å². The van der Waals surface area contributed by atoms with Crippen LogP contribution < -0.4 is 4.74 Å². The molecule has 0 spiro atoms. The minimum absolute atomic E-state index is 0.0642. The third kappa shape index (κ3) is 3.84. The Balaban J connectivity index is 1.93. The molecule has 0 saturated carbocycles. The Hall–Kier alpha value is -2.91. The second-order valence-electron chi connectivity index (χ2n) is 4.99. The van der Waals surface area contributed by atoms with Gasteiger partial charge in [0.2, 0.25) is 5.91 Å². The van der Waals surface area contributed by atoms with Crippen LogP contribution >= 0.6 is 0 Å². The number of carbonyl (C=O) groups excluding carboxylic acids is 1. The summed E-state index contributed by atoms with van der Waals surface area (Å²) >= 11 is 0. The van der Waals surface area contributed by atoms with Crippen molar-refractivity contribution < 1.29 is 14.5 Å². The molecule has 0 saturated heterocycles. The second-order valence-corrected chi connectivity index (χ2v) is 4.99. The molecule has 2 aromatic heterocycles. The van der Waals surface area contributed by atoms with E-state index in [4.69, 9.17) is 4.74 Å². The van der Waals surface area contributed by atoms with Gasteiger partial charge in [-0.05, 0) is 6.07 Å². The molecule has 0 aromatic carbocycles. The lowest BCUT2D eigenvalue weighted by Gasteiger charge is -2.17. The molecule has 23 heavy (non-hydrogen) atoms. The number of amides is 1. The number of aryl methyl sites for hydroxylation is 2. The fourth-order valence-corrected chi connectivity index (χ4v) is 2.07. The van der Waals surface area contributed by atoms with Crippen LogP contribution in [0.15, 0.2) is 18.5 Å². The molecule has 2 aromatic rings. The Kier molecular flexibility index (Phi) is 4.94. The maximum atomic E-state index is 12.1. The molecular formula is C13H18N6O4. The van der Waals surface area contributed by atoms with Crippen LogP contribution in [0.25, 0.3) is 0 Å². The van der Waals surface area contributed by atoms with Crippen molar-refractivity contribution in [3.8, 4) is 5.88 Å². The molecular weight excluding hydrogens is 304 g/mol. The number of nitrogens with zero attached hydrogens (tertiary/aromatic N) is 6. The van der Waals surface area contributed by atoms with Crippen molar-refractivity contribution in [1.82, 2.24) is 24.5 Å². The summed E-state index contributed by atoms with van der Waals surface area (Å²) in [5.41, 5.74) is 0.695. The highest BCUT2D eigenvalue weighted by molar-refractivity contribution is 5.75. The summed E-state index contributed by atoms with van der Waals surface area (Å²) in [7, 11) is 4.82. The highest BCUT2D eigenvalue weighted by Crippen LogP contribution is 2.24. The minimum atomic E-state index is -0.571. The lowest BCUT2D eigenvalue weighted by atomic mass is 10.3.